The van der Waals surface area contributed by atoms with Gasteiger partial charge in [-0.3, -0.25) is 9.89 Å². The number of rotatable bonds is 9. The molecule has 2 rings (SSSR count). The van der Waals surface area contributed by atoms with Crippen molar-refractivity contribution in [1.29, 1.82) is 0 Å². The zero-order chi connectivity index (χ0) is 18.6. The van der Waals surface area contributed by atoms with E-state index in [2.05, 4.69) is 39.6 Å². The lowest BCUT2D eigenvalue weighted by Crippen LogP contribution is -2.40. The van der Waals surface area contributed by atoms with Crippen molar-refractivity contribution in [2.45, 2.75) is 33.3 Å². The van der Waals surface area contributed by atoms with Gasteiger partial charge in [-0.2, -0.15) is 0 Å². The van der Waals surface area contributed by atoms with Crippen LogP contribution < -0.4 is 15.4 Å². The van der Waals surface area contributed by atoms with E-state index < -0.39 is 0 Å². The van der Waals surface area contributed by atoms with Crippen LogP contribution in [0, 0.1) is 0 Å². The summed E-state index contributed by atoms with van der Waals surface area (Å²) in [6.45, 7) is 13.4. The molecule has 0 atom stereocenters. The quantitative estimate of drug-likeness (QED) is 0.317. The maximum Gasteiger partial charge on any atom is 0.191 e. The van der Waals surface area contributed by atoms with Crippen LogP contribution >= 0.6 is 24.0 Å². The monoisotopic (exact) mass is 490 g/mol. The molecule has 1 aromatic rings. The van der Waals surface area contributed by atoms with Crippen LogP contribution in [0.3, 0.4) is 0 Å². The molecular weight excluding hydrogens is 455 g/mol. The van der Waals surface area contributed by atoms with Crippen LogP contribution in [0.15, 0.2) is 29.3 Å². The molecule has 2 N–H and O–H groups in total. The van der Waals surface area contributed by atoms with Crippen LogP contribution in [0.5, 0.6) is 5.75 Å². The van der Waals surface area contributed by atoms with Gasteiger partial charge in [-0.05, 0) is 44.9 Å². The van der Waals surface area contributed by atoms with Crippen molar-refractivity contribution in [3.8, 4) is 5.75 Å². The van der Waals surface area contributed by atoms with Crippen molar-refractivity contribution in [3.05, 3.63) is 29.8 Å². The van der Waals surface area contributed by atoms with Crippen LogP contribution in [0.2, 0.25) is 0 Å². The average molecular weight is 490 g/mol. The maximum absolute atomic E-state index is 5.68. The highest BCUT2D eigenvalue weighted by Gasteiger charge is 2.09. The van der Waals surface area contributed by atoms with Gasteiger partial charge in [0.15, 0.2) is 5.96 Å². The van der Waals surface area contributed by atoms with Gasteiger partial charge in [-0.15, -0.1) is 24.0 Å². The second kappa shape index (κ2) is 14.0. The minimum atomic E-state index is 0. The lowest BCUT2D eigenvalue weighted by Gasteiger charge is -2.25. The number of aliphatic imine (C=N–C) groups is 1. The Balaban J connectivity index is 0.00000364. The summed E-state index contributed by atoms with van der Waals surface area (Å²) in [7, 11) is 0. The fourth-order valence-corrected chi connectivity index (χ4v) is 2.80. The molecule has 1 heterocycles. The molecule has 7 heteroatoms. The smallest absolute Gasteiger partial charge is 0.191 e. The third-order valence-electron chi connectivity index (χ3n) is 4.14. The minimum Gasteiger partial charge on any atom is -0.491 e. The second-order valence-electron chi connectivity index (χ2n) is 6.70. The minimum absolute atomic E-state index is 0. The van der Waals surface area contributed by atoms with Gasteiger partial charge in [0.1, 0.15) is 5.75 Å². The SMILES string of the molecule is CCNC(=NCCN1CCOCC1)NCCc1ccc(OC(C)C)cc1.I. The van der Waals surface area contributed by atoms with Gasteiger partial charge in [-0.25, -0.2) is 0 Å². The normalized spacial score (nSPS) is 15.3. The van der Waals surface area contributed by atoms with Crippen molar-refractivity contribution in [3.63, 3.8) is 0 Å². The standard InChI is InChI=1S/C20H34N4O2.HI/c1-4-21-20(23-11-12-24-13-15-25-16-14-24)22-10-9-18-5-7-19(8-6-18)26-17(2)3;/h5-8,17H,4,9-16H2,1-3H3,(H2,21,22,23);1H. The zero-order valence-electron chi connectivity index (χ0n) is 16.9. The molecule has 1 saturated heterocycles. The summed E-state index contributed by atoms with van der Waals surface area (Å²) in [4.78, 5) is 7.08. The van der Waals surface area contributed by atoms with Gasteiger partial charge in [0.2, 0.25) is 0 Å². The molecule has 1 fully saturated rings. The van der Waals surface area contributed by atoms with E-state index in [1.54, 1.807) is 0 Å². The lowest BCUT2D eigenvalue weighted by atomic mass is 10.1. The molecule has 27 heavy (non-hydrogen) atoms. The highest BCUT2D eigenvalue weighted by atomic mass is 127. The summed E-state index contributed by atoms with van der Waals surface area (Å²) in [5.74, 6) is 1.82. The number of nitrogens with zero attached hydrogens (tertiary/aromatic N) is 2. The first-order chi connectivity index (χ1) is 12.7. The molecule has 0 aliphatic carbocycles. The van der Waals surface area contributed by atoms with E-state index in [1.807, 2.05) is 26.0 Å². The molecule has 0 unspecified atom stereocenters. The third-order valence-corrected chi connectivity index (χ3v) is 4.14. The fraction of sp³-hybridized carbons (Fsp3) is 0.650. The molecule has 0 aromatic heterocycles. The average Bonchev–Trinajstić information content (AvgIpc) is 2.63. The molecule has 1 aliphatic heterocycles. The zero-order valence-corrected chi connectivity index (χ0v) is 19.2. The van der Waals surface area contributed by atoms with Crippen molar-refractivity contribution >= 4 is 29.9 Å². The Kier molecular flexibility index (Phi) is 12.4. The number of hydrogen-bond acceptors (Lipinski definition) is 4. The molecule has 0 radical (unpaired) electrons. The maximum atomic E-state index is 5.68. The molecule has 1 aromatic carbocycles. The van der Waals surface area contributed by atoms with Gasteiger partial charge < -0.3 is 20.1 Å². The van der Waals surface area contributed by atoms with Crippen molar-refractivity contribution in [1.82, 2.24) is 15.5 Å². The molecule has 0 bridgehead atoms. The van der Waals surface area contributed by atoms with Gasteiger partial charge >= 0.3 is 0 Å². The lowest BCUT2D eigenvalue weighted by molar-refractivity contribution is 0.0394. The van der Waals surface area contributed by atoms with E-state index in [0.717, 1.165) is 70.6 Å². The Bertz CT molecular complexity index is 531. The Hall–Kier alpha value is -1.06. The number of nitrogens with one attached hydrogen (secondary N) is 2. The molecule has 6 nitrogen and oxygen atoms in total. The van der Waals surface area contributed by atoms with Crippen LogP contribution in [0.25, 0.3) is 0 Å². The Morgan fingerprint density at radius 1 is 1.19 bits per heavy atom. The third kappa shape index (κ3) is 10.2. The molecule has 0 saturated carbocycles. The van der Waals surface area contributed by atoms with Crippen molar-refractivity contribution < 1.29 is 9.47 Å². The van der Waals surface area contributed by atoms with E-state index in [4.69, 9.17) is 9.47 Å². The number of ether oxygens (including phenoxy) is 2. The number of hydrogen-bond donors (Lipinski definition) is 2. The largest absolute Gasteiger partial charge is 0.491 e. The van der Waals surface area contributed by atoms with Gasteiger partial charge in [0, 0.05) is 32.7 Å². The van der Waals surface area contributed by atoms with Crippen molar-refractivity contribution in [2.75, 3.05) is 52.5 Å². The number of benzene rings is 1. The van der Waals surface area contributed by atoms with Crippen LogP contribution in [0.1, 0.15) is 26.3 Å². The summed E-state index contributed by atoms with van der Waals surface area (Å²) in [6.07, 6.45) is 1.16. The van der Waals surface area contributed by atoms with E-state index in [0.29, 0.717) is 0 Å². The second-order valence-corrected chi connectivity index (χ2v) is 6.70. The summed E-state index contributed by atoms with van der Waals surface area (Å²) in [6, 6.07) is 8.33. The van der Waals surface area contributed by atoms with Gasteiger partial charge in [-0.1, -0.05) is 12.1 Å². The number of morpholine rings is 1. The Morgan fingerprint density at radius 2 is 1.89 bits per heavy atom. The number of halogens is 1. The predicted molar refractivity (Wildman–Crippen MR) is 123 cm³/mol. The first-order valence-corrected chi connectivity index (χ1v) is 9.75. The Labute approximate surface area is 181 Å². The van der Waals surface area contributed by atoms with Crippen molar-refractivity contribution in [2.24, 2.45) is 4.99 Å². The highest BCUT2D eigenvalue weighted by Crippen LogP contribution is 2.13. The van der Waals surface area contributed by atoms with E-state index in [-0.39, 0.29) is 30.1 Å². The van der Waals surface area contributed by atoms with Crippen LogP contribution in [-0.4, -0.2) is 69.4 Å². The summed E-state index contributed by atoms with van der Waals surface area (Å²) in [5.41, 5.74) is 1.29. The van der Waals surface area contributed by atoms with E-state index in [1.165, 1.54) is 5.56 Å². The highest BCUT2D eigenvalue weighted by molar-refractivity contribution is 14.0. The first kappa shape index (κ1) is 24.0. The first-order valence-electron chi connectivity index (χ1n) is 9.75. The predicted octanol–water partition coefficient (Wildman–Crippen LogP) is 2.52. The summed E-state index contributed by atoms with van der Waals surface area (Å²) in [5, 5.41) is 6.73. The molecule has 1 aliphatic rings. The fourth-order valence-electron chi connectivity index (χ4n) is 2.80. The summed E-state index contributed by atoms with van der Waals surface area (Å²) < 4.78 is 11.1. The van der Waals surface area contributed by atoms with Crippen LogP contribution in [0.4, 0.5) is 0 Å². The van der Waals surface area contributed by atoms with Crippen LogP contribution in [-0.2, 0) is 11.2 Å². The van der Waals surface area contributed by atoms with E-state index >= 15 is 0 Å². The molecule has 0 amide bonds. The topological polar surface area (TPSA) is 58.1 Å². The number of guanidine groups is 1. The van der Waals surface area contributed by atoms with Gasteiger partial charge in [0.25, 0.3) is 0 Å². The molecule has 154 valence electrons. The van der Waals surface area contributed by atoms with E-state index in [9.17, 15) is 0 Å². The summed E-state index contributed by atoms with van der Waals surface area (Å²) >= 11 is 0. The molecular formula is C20H35IN4O2. The van der Waals surface area contributed by atoms with Gasteiger partial charge in [0.05, 0.1) is 25.9 Å². The molecule has 0 spiro atoms. The Morgan fingerprint density at radius 3 is 2.52 bits per heavy atom.